The third-order valence-corrected chi connectivity index (χ3v) is 5.86. The number of nitrogens with one attached hydrogen (secondary N) is 1. The molecule has 1 unspecified atom stereocenters. The van der Waals surface area contributed by atoms with E-state index in [-0.39, 0.29) is 16.7 Å². The topological polar surface area (TPSA) is 79.0 Å². The molecule has 6 nitrogen and oxygen atoms in total. The third-order valence-electron chi connectivity index (χ3n) is 3.95. The molecular formula is C16H14F4N4O2S. The zero-order valence-electron chi connectivity index (χ0n) is 13.9. The minimum absolute atomic E-state index is 0.239. The number of fused-ring (bicyclic) bond motifs is 1. The second-order valence-corrected chi connectivity index (χ2v) is 7.54. The summed E-state index contributed by atoms with van der Waals surface area (Å²) < 4.78 is 80.6. The Balaban J connectivity index is 2.11. The summed E-state index contributed by atoms with van der Waals surface area (Å²) >= 11 is 0. The van der Waals surface area contributed by atoms with Gasteiger partial charge in [0.15, 0.2) is 5.65 Å². The highest BCUT2D eigenvalue weighted by Crippen LogP contribution is 2.40. The molecule has 0 radical (unpaired) electrons. The minimum Gasteiger partial charge on any atom is -0.343 e. The number of hydrogen-bond donors (Lipinski definition) is 1. The van der Waals surface area contributed by atoms with Crippen LogP contribution >= 0.6 is 0 Å². The predicted octanol–water partition coefficient (Wildman–Crippen LogP) is 3.41. The highest BCUT2D eigenvalue weighted by molar-refractivity contribution is 7.89. The lowest BCUT2D eigenvalue weighted by Crippen LogP contribution is -2.42. The molecule has 0 saturated heterocycles. The first-order chi connectivity index (χ1) is 12.6. The molecule has 0 amide bonds. The number of nitrogens with zero attached hydrogens (tertiary/aromatic N) is 3. The molecule has 27 heavy (non-hydrogen) atoms. The Morgan fingerprint density at radius 3 is 2.44 bits per heavy atom. The van der Waals surface area contributed by atoms with Crippen LogP contribution in [0.15, 0.2) is 47.8 Å². The Kier molecular flexibility index (Phi) is 4.91. The van der Waals surface area contributed by atoms with E-state index < -0.39 is 39.5 Å². The number of sulfonamides is 1. The number of benzene rings is 1. The fourth-order valence-corrected chi connectivity index (χ4v) is 4.32. The fourth-order valence-electron chi connectivity index (χ4n) is 2.74. The number of alkyl halides is 3. The summed E-state index contributed by atoms with van der Waals surface area (Å²) in [6.07, 6.45) is -2.66. The number of aromatic nitrogens is 3. The Morgan fingerprint density at radius 2 is 1.85 bits per heavy atom. The first-order valence-electron chi connectivity index (χ1n) is 7.77. The van der Waals surface area contributed by atoms with Crippen LogP contribution in [0.2, 0.25) is 0 Å². The first-order valence-corrected chi connectivity index (χ1v) is 9.21. The number of imidazole rings is 1. The Bertz CT molecular complexity index is 1050. The highest BCUT2D eigenvalue weighted by atomic mass is 32.2. The predicted molar refractivity (Wildman–Crippen MR) is 88.7 cm³/mol. The van der Waals surface area contributed by atoms with Gasteiger partial charge in [-0.05, 0) is 23.8 Å². The lowest BCUT2D eigenvalue weighted by molar-refractivity contribution is -0.173. The summed E-state index contributed by atoms with van der Waals surface area (Å²) in [5, 5.41) is 0. The van der Waals surface area contributed by atoms with Crippen LogP contribution in [0.3, 0.4) is 0 Å². The maximum Gasteiger partial charge on any atom is 0.409 e. The van der Waals surface area contributed by atoms with Crippen molar-refractivity contribution in [3.63, 3.8) is 0 Å². The standard InChI is InChI=1S/C16H14F4N4O2S/c1-2-24(14(16(18,19)20)10-3-5-11(17)6-4-10)27(25,26)12-7-13-15(21-8-12)23-9-22-13/h3-9,14H,2H2,1H3,(H,21,22,23). The van der Waals surface area contributed by atoms with Crippen LogP contribution < -0.4 is 0 Å². The van der Waals surface area contributed by atoms with Gasteiger partial charge in [0.1, 0.15) is 16.8 Å². The van der Waals surface area contributed by atoms with Crippen molar-refractivity contribution >= 4 is 21.2 Å². The van der Waals surface area contributed by atoms with Gasteiger partial charge in [-0.25, -0.2) is 22.8 Å². The van der Waals surface area contributed by atoms with Gasteiger partial charge in [0.2, 0.25) is 10.0 Å². The average Bonchev–Trinajstić information content (AvgIpc) is 3.07. The molecule has 2 aromatic heterocycles. The van der Waals surface area contributed by atoms with Gasteiger partial charge in [0.05, 0.1) is 11.8 Å². The number of aromatic amines is 1. The Morgan fingerprint density at radius 1 is 1.19 bits per heavy atom. The number of rotatable bonds is 5. The Hall–Kier alpha value is -2.53. The quantitative estimate of drug-likeness (QED) is 0.664. The van der Waals surface area contributed by atoms with Crippen molar-refractivity contribution in [2.75, 3.05) is 6.54 Å². The molecule has 144 valence electrons. The van der Waals surface area contributed by atoms with Gasteiger partial charge < -0.3 is 4.98 Å². The second kappa shape index (κ2) is 6.89. The van der Waals surface area contributed by atoms with E-state index in [4.69, 9.17) is 0 Å². The molecule has 3 rings (SSSR count). The maximum absolute atomic E-state index is 13.8. The van der Waals surface area contributed by atoms with Crippen LogP contribution in [0.25, 0.3) is 11.2 Å². The van der Waals surface area contributed by atoms with E-state index in [1.165, 1.54) is 19.3 Å². The van der Waals surface area contributed by atoms with Crippen molar-refractivity contribution < 1.29 is 26.0 Å². The van der Waals surface area contributed by atoms with Crippen molar-refractivity contribution in [2.45, 2.75) is 24.0 Å². The van der Waals surface area contributed by atoms with Gasteiger partial charge in [0.25, 0.3) is 0 Å². The van der Waals surface area contributed by atoms with Gasteiger partial charge in [-0.2, -0.15) is 17.5 Å². The average molecular weight is 402 g/mol. The van der Waals surface area contributed by atoms with Gasteiger partial charge in [0, 0.05) is 12.7 Å². The van der Waals surface area contributed by atoms with E-state index in [1.54, 1.807) is 0 Å². The molecule has 0 aliphatic heterocycles. The van der Waals surface area contributed by atoms with Gasteiger partial charge in [-0.15, -0.1) is 0 Å². The lowest BCUT2D eigenvalue weighted by Gasteiger charge is -2.31. The van der Waals surface area contributed by atoms with Crippen LogP contribution in [0.4, 0.5) is 17.6 Å². The lowest BCUT2D eigenvalue weighted by atomic mass is 10.1. The van der Waals surface area contributed by atoms with Crippen LogP contribution in [-0.4, -0.2) is 40.4 Å². The van der Waals surface area contributed by atoms with Crippen molar-refractivity contribution in [1.82, 2.24) is 19.3 Å². The van der Waals surface area contributed by atoms with Crippen molar-refractivity contribution in [3.8, 4) is 0 Å². The zero-order valence-corrected chi connectivity index (χ0v) is 14.7. The number of H-pyrrole nitrogens is 1. The molecule has 0 aliphatic carbocycles. The minimum atomic E-state index is -4.91. The van der Waals surface area contributed by atoms with Crippen molar-refractivity contribution in [2.24, 2.45) is 0 Å². The van der Waals surface area contributed by atoms with Crippen molar-refractivity contribution in [3.05, 3.63) is 54.2 Å². The monoisotopic (exact) mass is 402 g/mol. The smallest absolute Gasteiger partial charge is 0.343 e. The van der Waals surface area contributed by atoms with Gasteiger partial charge >= 0.3 is 6.18 Å². The van der Waals surface area contributed by atoms with E-state index in [9.17, 15) is 26.0 Å². The highest BCUT2D eigenvalue weighted by Gasteiger charge is 2.48. The van der Waals surface area contributed by atoms with Crippen LogP contribution in [0, 0.1) is 5.82 Å². The van der Waals surface area contributed by atoms with E-state index in [1.807, 2.05) is 0 Å². The Labute approximate surface area is 151 Å². The van der Waals surface area contributed by atoms with Crippen LogP contribution in [0.1, 0.15) is 18.5 Å². The first kappa shape index (κ1) is 19.2. The summed E-state index contributed by atoms with van der Waals surface area (Å²) in [4.78, 5) is 9.96. The summed E-state index contributed by atoms with van der Waals surface area (Å²) in [7, 11) is -4.55. The van der Waals surface area contributed by atoms with Crippen molar-refractivity contribution in [1.29, 1.82) is 0 Å². The molecule has 0 bridgehead atoms. The molecule has 0 fully saturated rings. The van der Waals surface area contributed by atoms with Crippen LogP contribution in [0.5, 0.6) is 0 Å². The normalized spacial score (nSPS) is 14.0. The van der Waals surface area contributed by atoms with E-state index in [0.717, 1.165) is 30.5 Å². The maximum atomic E-state index is 13.8. The van der Waals surface area contributed by atoms with E-state index >= 15 is 0 Å². The zero-order chi connectivity index (χ0) is 19.8. The van der Waals surface area contributed by atoms with Crippen LogP contribution in [-0.2, 0) is 10.0 Å². The second-order valence-electron chi connectivity index (χ2n) is 5.65. The molecule has 1 N–H and O–H groups in total. The van der Waals surface area contributed by atoms with Gasteiger partial charge in [-0.3, -0.25) is 0 Å². The molecular weight excluding hydrogens is 388 g/mol. The molecule has 1 atom stereocenters. The molecule has 1 aromatic carbocycles. The molecule has 0 aliphatic rings. The summed E-state index contributed by atoms with van der Waals surface area (Å²) in [6, 6.07) is 2.25. The number of halogens is 4. The van der Waals surface area contributed by atoms with E-state index in [2.05, 4.69) is 15.0 Å². The molecule has 0 saturated carbocycles. The summed E-state index contributed by atoms with van der Waals surface area (Å²) in [5.74, 6) is -0.723. The SMILES string of the molecule is CCN(C(c1ccc(F)cc1)C(F)(F)F)S(=O)(=O)c1cnc2nc[nH]c2c1. The molecule has 11 heteroatoms. The number of pyridine rings is 1. The number of hydrogen-bond acceptors (Lipinski definition) is 4. The van der Waals surface area contributed by atoms with Gasteiger partial charge in [-0.1, -0.05) is 19.1 Å². The fraction of sp³-hybridized carbons (Fsp3) is 0.250. The summed E-state index contributed by atoms with van der Waals surface area (Å²) in [6.45, 7) is 0.840. The molecule has 0 spiro atoms. The molecule has 2 heterocycles. The third kappa shape index (κ3) is 3.65. The molecule has 3 aromatic rings. The largest absolute Gasteiger partial charge is 0.409 e. The van der Waals surface area contributed by atoms with E-state index in [0.29, 0.717) is 4.31 Å². The summed E-state index contributed by atoms with van der Waals surface area (Å²) in [5.41, 5.74) is 0.130.